The molecule has 0 bridgehead atoms. The minimum absolute atomic E-state index is 0.134. The van der Waals surface area contributed by atoms with Crippen LogP contribution in [0.1, 0.15) is 15.9 Å². The second-order valence-corrected chi connectivity index (χ2v) is 4.70. The van der Waals surface area contributed by atoms with Gasteiger partial charge in [0.25, 0.3) is 5.91 Å². The molecule has 3 N–H and O–H groups in total. The fourth-order valence-electron chi connectivity index (χ4n) is 1.67. The highest BCUT2D eigenvalue weighted by molar-refractivity contribution is 6.31. The fraction of sp³-hybridized carbons (Fsp3) is 0.0714. The van der Waals surface area contributed by atoms with Gasteiger partial charge in [0, 0.05) is 16.8 Å². The molecule has 2 aromatic carbocycles. The summed E-state index contributed by atoms with van der Waals surface area (Å²) in [5, 5.41) is 2.66. The molecular weight excluding hydrogens is 286 g/mol. The Labute approximate surface area is 119 Å². The van der Waals surface area contributed by atoms with E-state index in [1.165, 1.54) is 25.1 Å². The SMILES string of the molecule is Cc1cc(F)c(NC(=O)c2ccc(Cl)cc2N)cc1F. The first kappa shape index (κ1) is 14.3. The van der Waals surface area contributed by atoms with Gasteiger partial charge in [-0.3, -0.25) is 4.79 Å². The second-order valence-electron chi connectivity index (χ2n) is 4.27. The van der Waals surface area contributed by atoms with E-state index in [1.54, 1.807) is 0 Å². The number of nitrogens with one attached hydrogen (secondary N) is 1. The Hall–Kier alpha value is -2.14. The molecule has 0 radical (unpaired) electrons. The molecule has 0 spiro atoms. The van der Waals surface area contributed by atoms with Crippen LogP contribution in [0.25, 0.3) is 0 Å². The molecule has 0 unspecified atom stereocenters. The van der Waals surface area contributed by atoms with Crippen molar-refractivity contribution in [1.82, 2.24) is 0 Å². The lowest BCUT2D eigenvalue weighted by Crippen LogP contribution is -2.15. The third-order valence-corrected chi connectivity index (χ3v) is 2.99. The Morgan fingerprint density at radius 2 is 1.90 bits per heavy atom. The number of carbonyl (C=O) groups excluding carboxylic acids is 1. The highest BCUT2D eigenvalue weighted by atomic mass is 35.5. The van der Waals surface area contributed by atoms with Crippen LogP contribution < -0.4 is 11.1 Å². The topological polar surface area (TPSA) is 55.1 Å². The van der Waals surface area contributed by atoms with Gasteiger partial charge in [-0.25, -0.2) is 8.78 Å². The third kappa shape index (κ3) is 2.88. The van der Waals surface area contributed by atoms with E-state index >= 15 is 0 Å². The highest BCUT2D eigenvalue weighted by Gasteiger charge is 2.14. The van der Waals surface area contributed by atoms with Crippen molar-refractivity contribution in [2.45, 2.75) is 6.92 Å². The van der Waals surface area contributed by atoms with Gasteiger partial charge in [0.15, 0.2) is 0 Å². The number of hydrogen-bond acceptors (Lipinski definition) is 2. The Morgan fingerprint density at radius 3 is 2.55 bits per heavy atom. The van der Waals surface area contributed by atoms with E-state index in [1.807, 2.05) is 0 Å². The number of benzene rings is 2. The number of nitrogens with two attached hydrogens (primary N) is 1. The summed E-state index contributed by atoms with van der Waals surface area (Å²) in [4.78, 5) is 12.0. The molecule has 104 valence electrons. The first-order valence-electron chi connectivity index (χ1n) is 5.70. The molecule has 0 saturated heterocycles. The molecule has 0 fully saturated rings. The summed E-state index contributed by atoms with van der Waals surface area (Å²) < 4.78 is 27.0. The van der Waals surface area contributed by atoms with Crippen molar-refractivity contribution >= 4 is 28.9 Å². The Balaban J connectivity index is 2.30. The average molecular weight is 297 g/mol. The van der Waals surface area contributed by atoms with E-state index in [9.17, 15) is 13.6 Å². The van der Waals surface area contributed by atoms with Gasteiger partial charge >= 0.3 is 0 Å². The van der Waals surface area contributed by atoms with Crippen LogP contribution in [0.5, 0.6) is 0 Å². The van der Waals surface area contributed by atoms with Crippen molar-refractivity contribution in [3.8, 4) is 0 Å². The lowest BCUT2D eigenvalue weighted by molar-refractivity contribution is 0.102. The standard InChI is InChI=1S/C14H11ClF2N2O/c1-7-4-11(17)13(6-10(7)16)19-14(20)9-3-2-8(15)5-12(9)18/h2-6H,18H2,1H3,(H,19,20). The van der Waals surface area contributed by atoms with Crippen LogP contribution in [0.4, 0.5) is 20.2 Å². The quantitative estimate of drug-likeness (QED) is 0.829. The van der Waals surface area contributed by atoms with E-state index in [0.717, 1.165) is 12.1 Å². The van der Waals surface area contributed by atoms with Gasteiger partial charge in [-0.15, -0.1) is 0 Å². The van der Waals surface area contributed by atoms with Crippen molar-refractivity contribution in [1.29, 1.82) is 0 Å². The van der Waals surface area contributed by atoms with Crippen LogP contribution in [-0.2, 0) is 0 Å². The van der Waals surface area contributed by atoms with Crippen LogP contribution in [0, 0.1) is 18.6 Å². The number of amides is 1. The first-order chi connectivity index (χ1) is 9.38. The van der Waals surface area contributed by atoms with Gasteiger partial charge in [-0.1, -0.05) is 11.6 Å². The molecule has 1 amide bonds. The molecule has 0 aromatic heterocycles. The summed E-state index contributed by atoms with van der Waals surface area (Å²) in [7, 11) is 0. The Morgan fingerprint density at radius 1 is 1.20 bits per heavy atom. The van der Waals surface area contributed by atoms with Gasteiger partial charge in [0.1, 0.15) is 11.6 Å². The molecule has 0 aliphatic rings. The molecule has 0 saturated carbocycles. The molecule has 20 heavy (non-hydrogen) atoms. The van der Waals surface area contributed by atoms with E-state index in [2.05, 4.69) is 5.32 Å². The predicted molar refractivity (Wildman–Crippen MR) is 74.9 cm³/mol. The zero-order valence-electron chi connectivity index (χ0n) is 10.5. The van der Waals surface area contributed by atoms with Gasteiger partial charge < -0.3 is 11.1 Å². The van der Waals surface area contributed by atoms with Crippen molar-refractivity contribution in [3.05, 3.63) is 58.1 Å². The molecule has 6 heteroatoms. The van der Waals surface area contributed by atoms with Gasteiger partial charge in [0.05, 0.1) is 11.3 Å². The summed E-state index contributed by atoms with van der Waals surface area (Å²) in [6, 6.07) is 6.24. The number of nitrogen functional groups attached to an aromatic ring is 1. The molecule has 3 nitrogen and oxygen atoms in total. The average Bonchev–Trinajstić information content (AvgIpc) is 2.35. The summed E-state index contributed by atoms with van der Waals surface area (Å²) in [6.45, 7) is 1.43. The zero-order chi connectivity index (χ0) is 14.9. The minimum atomic E-state index is -0.718. The smallest absolute Gasteiger partial charge is 0.257 e. The monoisotopic (exact) mass is 296 g/mol. The number of hydrogen-bond donors (Lipinski definition) is 2. The number of halogens is 3. The molecule has 0 aliphatic heterocycles. The molecule has 0 heterocycles. The first-order valence-corrected chi connectivity index (χ1v) is 6.08. The number of rotatable bonds is 2. The van der Waals surface area contributed by atoms with E-state index in [4.69, 9.17) is 17.3 Å². The molecule has 0 atom stereocenters. The molecule has 0 aliphatic carbocycles. The number of aryl methyl sites for hydroxylation is 1. The normalized spacial score (nSPS) is 10.4. The molecular formula is C14H11ClF2N2O. The Bertz CT molecular complexity index is 689. The molecule has 2 rings (SSSR count). The Kier molecular flexibility index (Phi) is 3.90. The largest absolute Gasteiger partial charge is 0.398 e. The predicted octanol–water partition coefficient (Wildman–Crippen LogP) is 3.76. The van der Waals surface area contributed by atoms with Crippen LogP contribution >= 0.6 is 11.6 Å². The minimum Gasteiger partial charge on any atom is -0.398 e. The van der Waals surface area contributed by atoms with E-state index in [0.29, 0.717) is 5.02 Å². The van der Waals surface area contributed by atoms with Crippen molar-refractivity contribution in [3.63, 3.8) is 0 Å². The summed E-state index contributed by atoms with van der Waals surface area (Å²) >= 11 is 5.72. The maximum absolute atomic E-state index is 13.6. The second kappa shape index (κ2) is 5.46. The zero-order valence-corrected chi connectivity index (χ0v) is 11.3. The number of carbonyl (C=O) groups is 1. The van der Waals surface area contributed by atoms with Crippen LogP contribution in [0.3, 0.4) is 0 Å². The van der Waals surface area contributed by atoms with Crippen LogP contribution in [0.2, 0.25) is 5.02 Å². The summed E-state index contributed by atoms with van der Waals surface area (Å²) in [6.07, 6.45) is 0. The summed E-state index contributed by atoms with van der Waals surface area (Å²) in [5.74, 6) is -1.96. The number of anilines is 2. The fourth-order valence-corrected chi connectivity index (χ4v) is 1.85. The van der Waals surface area contributed by atoms with Crippen LogP contribution in [-0.4, -0.2) is 5.91 Å². The van der Waals surface area contributed by atoms with Crippen molar-refractivity contribution < 1.29 is 13.6 Å². The maximum Gasteiger partial charge on any atom is 0.257 e. The van der Waals surface area contributed by atoms with Gasteiger partial charge in [-0.05, 0) is 36.8 Å². The van der Waals surface area contributed by atoms with Gasteiger partial charge in [-0.2, -0.15) is 0 Å². The van der Waals surface area contributed by atoms with Crippen molar-refractivity contribution in [2.24, 2.45) is 0 Å². The highest BCUT2D eigenvalue weighted by Crippen LogP contribution is 2.22. The lowest BCUT2D eigenvalue weighted by atomic mass is 10.1. The van der Waals surface area contributed by atoms with E-state index < -0.39 is 17.5 Å². The van der Waals surface area contributed by atoms with Gasteiger partial charge in [0.2, 0.25) is 0 Å². The van der Waals surface area contributed by atoms with E-state index in [-0.39, 0.29) is 22.5 Å². The third-order valence-electron chi connectivity index (χ3n) is 2.75. The van der Waals surface area contributed by atoms with Crippen LogP contribution in [0.15, 0.2) is 30.3 Å². The van der Waals surface area contributed by atoms with Crippen molar-refractivity contribution in [2.75, 3.05) is 11.1 Å². The summed E-state index contributed by atoms with van der Waals surface area (Å²) in [5.41, 5.74) is 5.86. The lowest BCUT2D eigenvalue weighted by Gasteiger charge is -2.09. The molecule has 2 aromatic rings. The maximum atomic E-state index is 13.6.